The third-order valence-electron chi connectivity index (χ3n) is 4.16. The Morgan fingerprint density at radius 1 is 1.21 bits per heavy atom. The summed E-state index contributed by atoms with van der Waals surface area (Å²) in [7, 11) is 0. The Balaban J connectivity index is 1.52. The van der Waals surface area contributed by atoms with Crippen LogP contribution < -0.4 is 5.32 Å². The lowest BCUT2D eigenvalue weighted by Crippen LogP contribution is -2.44. The van der Waals surface area contributed by atoms with Crippen molar-refractivity contribution in [2.24, 2.45) is 0 Å². The van der Waals surface area contributed by atoms with Gasteiger partial charge in [-0.05, 0) is 30.5 Å². The van der Waals surface area contributed by atoms with Gasteiger partial charge in [-0.15, -0.1) is 0 Å². The number of nitrogens with zero attached hydrogens (tertiary/aromatic N) is 1. The molecule has 3 nitrogen and oxygen atoms in total. The van der Waals surface area contributed by atoms with E-state index in [1.807, 2.05) is 12.1 Å². The molecule has 2 atom stereocenters. The highest BCUT2D eigenvalue weighted by Crippen LogP contribution is 2.19. The lowest BCUT2D eigenvalue weighted by atomic mass is 10.0. The Morgan fingerprint density at radius 2 is 1.95 bits per heavy atom. The van der Waals surface area contributed by atoms with Crippen molar-refractivity contribution in [1.82, 2.24) is 10.2 Å². The second-order valence-electron chi connectivity index (χ2n) is 5.47. The van der Waals surface area contributed by atoms with Crippen LogP contribution in [0.4, 0.5) is 0 Å². The number of ether oxygens (including phenoxy) is 1. The van der Waals surface area contributed by atoms with Crippen LogP contribution in [0.1, 0.15) is 12.0 Å². The molecule has 0 aromatic heterocycles. The molecule has 1 aromatic carbocycles. The Morgan fingerprint density at radius 3 is 2.68 bits per heavy atom. The van der Waals surface area contributed by atoms with Crippen LogP contribution in [0.5, 0.6) is 0 Å². The van der Waals surface area contributed by atoms with E-state index in [4.69, 9.17) is 16.3 Å². The van der Waals surface area contributed by atoms with Crippen LogP contribution in [0.15, 0.2) is 24.3 Å². The van der Waals surface area contributed by atoms with Crippen LogP contribution in [0.3, 0.4) is 0 Å². The molecule has 1 N–H and O–H groups in total. The molecule has 2 heterocycles. The van der Waals surface area contributed by atoms with E-state index in [9.17, 15) is 0 Å². The van der Waals surface area contributed by atoms with E-state index in [1.165, 1.54) is 12.0 Å². The van der Waals surface area contributed by atoms with E-state index in [-0.39, 0.29) is 0 Å². The van der Waals surface area contributed by atoms with E-state index in [2.05, 4.69) is 22.3 Å². The third kappa shape index (κ3) is 3.48. The maximum Gasteiger partial charge on any atom is 0.0594 e. The molecule has 0 saturated carbocycles. The van der Waals surface area contributed by atoms with Crippen molar-refractivity contribution in [3.05, 3.63) is 34.9 Å². The molecule has 4 heteroatoms. The summed E-state index contributed by atoms with van der Waals surface area (Å²) in [6.07, 6.45) is 2.33. The molecule has 2 aliphatic rings. The van der Waals surface area contributed by atoms with Crippen LogP contribution in [0.25, 0.3) is 0 Å². The quantitative estimate of drug-likeness (QED) is 0.916. The van der Waals surface area contributed by atoms with Crippen LogP contribution >= 0.6 is 11.6 Å². The van der Waals surface area contributed by atoms with E-state index >= 15 is 0 Å². The summed E-state index contributed by atoms with van der Waals surface area (Å²) >= 11 is 5.92. The van der Waals surface area contributed by atoms with Gasteiger partial charge in [0.1, 0.15) is 0 Å². The fourth-order valence-electron chi connectivity index (χ4n) is 3.08. The van der Waals surface area contributed by atoms with Gasteiger partial charge in [-0.2, -0.15) is 0 Å². The van der Waals surface area contributed by atoms with Crippen molar-refractivity contribution in [2.45, 2.75) is 24.9 Å². The lowest BCUT2D eigenvalue weighted by molar-refractivity contribution is 0.0201. The van der Waals surface area contributed by atoms with Gasteiger partial charge in [-0.25, -0.2) is 0 Å². The van der Waals surface area contributed by atoms with E-state index < -0.39 is 0 Å². The minimum atomic E-state index is 0.592. The average Bonchev–Trinajstić information content (AvgIpc) is 2.91. The standard InChI is InChI=1S/C15H21ClN2O/c16-13-3-1-12(2-4-13)9-14-10-15(11-17-14)18-5-7-19-8-6-18/h1-4,14-15,17H,5-11H2. The number of morpholine rings is 1. The largest absolute Gasteiger partial charge is 0.379 e. The summed E-state index contributed by atoms with van der Waals surface area (Å²) in [5, 5.41) is 4.47. The Hall–Kier alpha value is -0.610. The smallest absolute Gasteiger partial charge is 0.0594 e. The number of hydrogen-bond donors (Lipinski definition) is 1. The van der Waals surface area contributed by atoms with Crippen LogP contribution in [0.2, 0.25) is 5.02 Å². The monoisotopic (exact) mass is 280 g/mol. The Labute approximate surface area is 119 Å². The maximum atomic E-state index is 5.92. The highest BCUT2D eigenvalue weighted by molar-refractivity contribution is 6.30. The predicted molar refractivity (Wildman–Crippen MR) is 77.7 cm³/mol. The summed E-state index contributed by atoms with van der Waals surface area (Å²) in [6, 6.07) is 9.49. The highest BCUT2D eigenvalue weighted by Gasteiger charge is 2.29. The summed E-state index contributed by atoms with van der Waals surface area (Å²) in [5.74, 6) is 0. The molecule has 1 aromatic rings. The maximum absolute atomic E-state index is 5.92. The first kappa shape index (κ1) is 13.4. The molecule has 104 valence electrons. The molecule has 0 amide bonds. The van der Waals surface area contributed by atoms with Crippen LogP contribution in [-0.2, 0) is 11.2 Å². The molecule has 0 spiro atoms. The topological polar surface area (TPSA) is 24.5 Å². The summed E-state index contributed by atoms with van der Waals surface area (Å²) in [6.45, 7) is 5.05. The Kier molecular flexibility index (Phi) is 4.38. The summed E-state index contributed by atoms with van der Waals surface area (Å²) < 4.78 is 5.42. The second kappa shape index (κ2) is 6.23. The molecular formula is C15H21ClN2O. The minimum Gasteiger partial charge on any atom is -0.379 e. The summed E-state index contributed by atoms with van der Waals surface area (Å²) in [5.41, 5.74) is 1.37. The van der Waals surface area contributed by atoms with Gasteiger partial charge >= 0.3 is 0 Å². The minimum absolute atomic E-state index is 0.592. The first-order valence-corrected chi connectivity index (χ1v) is 7.49. The first-order chi connectivity index (χ1) is 9.31. The van der Waals surface area contributed by atoms with Gasteiger partial charge in [0.15, 0.2) is 0 Å². The van der Waals surface area contributed by atoms with Gasteiger partial charge in [0.25, 0.3) is 0 Å². The zero-order chi connectivity index (χ0) is 13.1. The van der Waals surface area contributed by atoms with Gasteiger partial charge in [0.2, 0.25) is 0 Å². The molecule has 3 rings (SSSR count). The third-order valence-corrected chi connectivity index (χ3v) is 4.41. The predicted octanol–water partition coefficient (Wildman–Crippen LogP) is 1.95. The Bertz CT molecular complexity index is 403. The van der Waals surface area contributed by atoms with Gasteiger partial charge in [0, 0.05) is 36.7 Å². The van der Waals surface area contributed by atoms with Crippen molar-refractivity contribution in [3.8, 4) is 0 Å². The van der Waals surface area contributed by atoms with Gasteiger partial charge < -0.3 is 10.1 Å². The molecule has 2 aliphatic heterocycles. The molecule has 0 radical (unpaired) electrons. The molecule has 2 unspecified atom stereocenters. The number of hydrogen-bond acceptors (Lipinski definition) is 3. The second-order valence-corrected chi connectivity index (χ2v) is 5.91. The number of nitrogens with one attached hydrogen (secondary N) is 1. The molecule has 19 heavy (non-hydrogen) atoms. The van der Waals surface area contributed by atoms with E-state index in [0.717, 1.165) is 44.3 Å². The van der Waals surface area contributed by atoms with E-state index in [1.54, 1.807) is 0 Å². The van der Waals surface area contributed by atoms with Gasteiger partial charge in [0.05, 0.1) is 13.2 Å². The van der Waals surface area contributed by atoms with Crippen LogP contribution in [-0.4, -0.2) is 49.8 Å². The molecule has 0 bridgehead atoms. The van der Waals surface area contributed by atoms with Crippen molar-refractivity contribution >= 4 is 11.6 Å². The van der Waals surface area contributed by atoms with Crippen molar-refractivity contribution in [1.29, 1.82) is 0 Å². The fraction of sp³-hybridized carbons (Fsp3) is 0.600. The van der Waals surface area contributed by atoms with Crippen molar-refractivity contribution in [2.75, 3.05) is 32.8 Å². The van der Waals surface area contributed by atoms with E-state index in [0.29, 0.717) is 12.1 Å². The molecular weight excluding hydrogens is 260 g/mol. The number of rotatable bonds is 3. The molecule has 2 saturated heterocycles. The van der Waals surface area contributed by atoms with Gasteiger partial charge in [-0.3, -0.25) is 4.90 Å². The number of benzene rings is 1. The fourth-order valence-corrected chi connectivity index (χ4v) is 3.21. The first-order valence-electron chi connectivity index (χ1n) is 7.11. The average molecular weight is 281 g/mol. The zero-order valence-electron chi connectivity index (χ0n) is 11.1. The highest BCUT2D eigenvalue weighted by atomic mass is 35.5. The molecule has 2 fully saturated rings. The zero-order valence-corrected chi connectivity index (χ0v) is 11.9. The molecule has 0 aliphatic carbocycles. The van der Waals surface area contributed by atoms with Crippen molar-refractivity contribution in [3.63, 3.8) is 0 Å². The van der Waals surface area contributed by atoms with Crippen molar-refractivity contribution < 1.29 is 4.74 Å². The number of halogens is 1. The van der Waals surface area contributed by atoms with Gasteiger partial charge in [-0.1, -0.05) is 23.7 Å². The van der Waals surface area contributed by atoms with Crippen LogP contribution in [0, 0.1) is 0 Å². The normalized spacial score (nSPS) is 28.7. The summed E-state index contributed by atoms with van der Waals surface area (Å²) in [4.78, 5) is 2.57. The lowest BCUT2D eigenvalue weighted by Gasteiger charge is -2.31. The SMILES string of the molecule is Clc1ccc(CC2CC(N3CCOCC3)CN2)cc1.